The zero-order valence-electron chi connectivity index (χ0n) is 12.7. The average molecular weight is 347 g/mol. The van der Waals surface area contributed by atoms with Crippen molar-refractivity contribution in [3.05, 3.63) is 72.0 Å². The minimum Gasteiger partial charge on any atom is -0.508 e. The molecule has 0 fully saturated rings. The maximum absolute atomic E-state index is 12.8. The summed E-state index contributed by atoms with van der Waals surface area (Å²) in [5.41, 5.74) is -0.222. The first-order chi connectivity index (χ1) is 11.8. The number of carbonyl (C=O) groups is 1. The van der Waals surface area contributed by atoms with Crippen LogP contribution < -0.4 is 5.32 Å². The molecule has 0 unspecified atom stereocenters. The Kier molecular flexibility index (Phi) is 4.22. The quantitative estimate of drug-likeness (QED) is 0.707. The van der Waals surface area contributed by atoms with Gasteiger partial charge in [-0.2, -0.15) is 13.2 Å². The first-order valence-corrected chi connectivity index (χ1v) is 7.21. The van der Waals surface area contributed by atoms with Crippen molar-refractivity contribution < 1.29 is 27.5 Å². The van der Waals surface area contributed by atoms with Gasteiger partial charge in [-0.3, -0.25) is 4.79 Å². The summed E-state index contributed by atoms with van der Waals surface area (Å²) in [6.07, 6.45) is -4.46. The van der Waals surface area contributed by atoms with E-state index in [9.17, 15) is 23.1 Å². The van der Waals surface area contributed by atoms with E-state index >= 15 is 0 Å². The van der Waals surface area contributed by atoms with Gasteiger partial charge in [0.05, 0.1) is 5.56 Å². The summed E-state index contributed by atoms with van der Waals surface area (Å²) >= 11 is 0. The van der Waals surface area contributed by atoms with Crippen molar-refractivity contribution in [2.45, 2.75) is 6.18 Å². The summed E-state index contributed by atoms with van der Waals surface area (Å²) in [5, 5.41) is 11.9. The number of carbonyl (C=O) groups excluding carboxylic acids is 1. The van der Waals surface area contributed by atoms with E-state index in [1.165, 1.54) is 36.4 Å². The lowest BCUT2D eigenvalue weighted by Gasteiger charge is -2.07. The highest BCUT2D eigenvalue weighted by molar-refractivity contribution is 6.02. The van der Waals surface area contributed by atoms with Gasteiger partial charge in [-0.25, -0.2) is 0 Å². The molecule has 128 valence electrons. The van der Waals surface area contributed by atoms with E-state index in [2.05, 4.69) is 5.32 Å². The molecule has 0 aliphatic heterocycles. The molecule has 4 nitrogen and oxygen atoms in total. The van der Waals surface area contributed by atoms with Gasteiger partial charge in [0.1, 0.15) is 11.5 Å². The molecule has 1 amide bonds. The van der Waals surface area contributed by atoms with Crippen molar-refractivity contribution in [2.75, 3.05) is 5.32 Å². The van der Waals surface area contributed by atoms with Crippen molar-refractivity contribution in [1.82, 2.24) is 0 Å². The van der Waals surface area contributed by atoms with Crippen LogP contribution in [0, 0.1) is 0 Å². The molecule has 7 heteroatoms. The number of phenols is 1. The number of furan rings is 1. The lowest BCUT2D eigenvalue weighted by atomic mass is 10.1. The molecule has 25 heavy (non-hydrogen) atoms. The van der Waals surface area contributed by atoms with Gasteiger partial charge in [0, 0.05) is 17.3 Å². The first-order valence-electron chi connectivity index (χ1n) is 7.21. The van der Waals surface area contributed by atoms with Gasteiger partial charge in [0.15, 0.2) is 5.76 Å². The molecule has 0 saturated heterocycles. The summed E-state index contributed by atoms with van der Waals surface area (Å²) in [4.78, 5) is 12.1. The highest BCUT2D eigenvalue weighted by Gasteiger charge is 2.30. The highest BCUT2D eigenvalue weighted by atomic mass is 19.4. The predicted octanol–water partition coefficient (Wildman–Crippen LogP) is 4.92. The van der Waals surface area contributed by atoms with Crippen molar-refractivity contribution in [3.8, 4) is 17.1 Å². The fourth-order valence-corrected chi connectivity index (χ4v) is 2.24. The number of nitrogens with one attached hydrogen (secondary N) is 1. The topological polar surface area (TPSA) is 62.5 Å². The molecule has 0 spiro atoms. The number of alkyl halides is 3. The third-order valence-corrected chi connectivity index (χ3v) is 3.41. The van der Waals surface area contributed by atoms with Crippen LogP contribution in [-0.4, -0.2) is 11.0 Å². The smallest absolute Gasteiger partial charge is 0.416 e. The summed E-state index contributed by atoms with van der Waals surface area (Å²) in [6, 6.07) is 13.4. The van der Waals surface area contributed by atoms with Gasteiger partial charge in [0.2, 0.25) is 0 Å². The Balaban J connectivity index is 1.82. The second-order valence-electron chi connectivity index (χ2n) is 5.25. The number of halogens is 3. The van der Waals surface area contributed by atoms with Gasteiger partial charge in [0.25, 0.3) is 5.91 Å². The van der Waals surface area contributed by atoms with Crippen LogP contribution in [0.25, 0.3) is 11.3 Å². The summed E-state index contributed by atoms with van der Waals surface area (Å²) in [7, 11) is 0. The number of amides is 1. The Bertz CT molecular complexity index is 916. The van der Waals surface area contributed by atoms with E-state index in [1.54, 1.807) is 12.1 Å². The van der Waals surface area contributed by atoms with Crippen LogP contribution >= 0.6 is 0 Å². The maximum Gasteiger partial charge on any atom is 0.416 e. The van der Waals surface area contributed by atoms with Gasteiger partial charge < -0.3 is 14.8 Å². The van der Waals surface area contributed by atoms with Gasteiger partial charge in [-0.05, 0) is 36.4 Å². The Morgan fingerprint density at radius 2 is 1.76 bits per heavy atom. The number of anilines is 1. The highest BCUT2D eigenvalue weighted by Crippen LogP contribution is 2.32. The molecule has 0 radical (unpaired) electrons. The van der Waals surface area contributed by atoms with Gasteiger partial charge >= 0.3 is 6.18 Å². The second kappa shape index (κ2) is 6.35. The molecule has 0 bridgehead atoms. The zero-order chi connectivity index (χ0) is 18.0. The number of phenolic OH excluding ortho intramolecular Hbond substituents is 1. The van der Waals surface area contributed by atoms with Crippen LogP contribution in [0.1, 0.15) is 16.1 Å². The molecule has 1 aromatic heterocycles. The molecular weight excluding hydrogens is 335 g/mol. The lowest BCUT2D eigenvalue weighted by Crippen LogP contribution is -2.10. The van der Waals surface area contributed by atoms with Crippen molar-refractivity contribution >= 4 is 11.6 Å². The fourth-order valence-electron chi connectivity index (χ4n) is 2.24. The third kappa shape index (κ3) is 3.82. The fraction of sp³-hybridized carbons (Fsp3) is 0.0556. The minimum atomic E-state index is -4.46. The van der Waals surface area contributed by atoms with Crippen LogP contribution in [0.15, 0.2) is 65.1 Å². The van der Waals surface area contributed by atoms with E-state index in [0.29, 0.717) is 5.69 Å². The molecular formula is C18H12F3NO3. The summed E-state index contributed by atoms with van der Waals surface area (Å²) in [6.45, 7) is 0. The Morgan fingerprint density at radius 3 is 2.48 bits per heavy atom. The molecule has 3 aromatic rings. The molecule has 0 aliphatic carbocycles. The maximum atomic E-state index is 12.8. The lowest BCUT2D eigenvalue weighted by molar-refractivity contribution is -0.137. The van der Waals surface area contributed by atoms with E-state index < -0.39 is 17.6 Å². The first kappa shape index (κ1) is 16.6. The predicted molar refractivity (Wildman–Crippen MR) is 85.2 cm³/mol. The number of aromatic hydroxyl groups is 1. The molecule has 0 atom stereocenters. The third-order valence-electron chi connectivity index (χ3n) is 3.41. The van der Waals surface area contributed by atoms with E-state index in [4.69, 9.17) is 4.42 Å². The number of benzene rings is 2. The molecule has 1 heterocycles. The van der Waals surface area contributed by atoms with Crippen LogP contribution in [0.3, 0.4) is 0 Å². The Morgan fingerprint density at radius 1 is 1.00 bits per heavy atom. The zero-order valence-corrected chi connectivity index (χ0v) is 12.7. The SMILES string of the molecule is O=C(Nc1cccc(O)c1)c1ccc(-c2cccc(C(F)(F)F)c2)o1. The number of hydrogen-bond donors (Lipinski definition) is 2. The van der Waals surface area contributed by atoms with Gasteiger partial charge in [-0.15, -0.1) is 0 Å². The molecule has 2 aromatic carbocycles. The monoisotopic (exact) mass is 347 g/mol. The normalized spacial score (nSPS) is 11.3. The second-order valence-corrected chi connectivity index (χ2v) is 5.25. The average Bonchev–Trinajstić information content (AvgIpc) is 3.04. The Labute approximate surface area is 140 Å². The van der Waals surface area contributed by atoms with Crippen molar-refractivity contribution in [1.29, 1.82) is 0 Å². The number of hydrogen-bond acceptors (Lipinski definition) is 3. The Hall–Kier alpha value is -3.22. The molecule has 3 rings (SSSR count). The van der Waals surface area contributed by atoms with Crippen LogP contribution in [0.5, 0.6) is 5.75 Å². The van der Waals surface area contributed by atoms with Crippen LogP contribution in [0.2, 0.25) is 0 Å². The van der Waals surface area contributed by atoms with Crippen LogP contribution in [0.4, 0.5) is 18.9 Å². The minimum absolute atomic E-state index is 0.0121. The van der Waals surface area contributed by atoms with E-state index in [-0.39, 0.29) is 22.8 Å². The largest absolute Gasteiger partial charge is 0.508 e. The summed E-state index contributed by atoms with van der Waals surface area (Å²) < 4.78 is 43.7. The number of rotatable bonds is 3. The van der Waals surface area contributed by atoms with Crippen LogP contribution in [-0.2, 0) is 6.18 Å². The van der Waals surface area contributed by atoms with E-state index in [1.807, 2.05) is 0 Å². The standard InChI is InChI=1S/C18H12F3NO3/c19-18(20,21)12-4-1-3-11(9-12)15-7-8-16(25-15)17(24)22-13-5-2-6-14(23)10-13/h1-10,23H,(H,22,24). The summed E-state index contributed by atoms with van der Waals surface area (Å²) in [5.74, 6) is -0.506. The van der Waals surface area contributed by atoms with E-state index in [0.717, 1.165) is 12.1 Å². The van der Waals surface area contributed by atoms with Crippen molar-refractivity contribution in [3.63, 3.8) is 0 Å². The van der Waals surface area contributed by atoms with Crippen molar-refractivity contribution in [2.24, 2.45) is 0 Å². The molecule has 0 aliphatic rings. The molecule has 2 N–H and O–H groups in total. The molecule has 0 saturated carbocycles. The van der Waals surface area contributed by atoms with Gasteiger partial charge in [-0.1, -0.05) is 18.2 Å².